The lowest BCUT2D eigenvalue weighted by Crippen LogP contribution is -2.08. The summed E-state index contributed by atoms with van der Waals surface area (Å²) in [5.41, 5.74) is 3.21. The Morgan fingerprint density at radius 1 is 1.21 bits per heavy atom. The average molecular weight is 393 g/mol. The minimum Gasteiger partial charge on any atom is -0.298 e. The summed E-state index contributed by atoms with van der Waals surface area (Å²) in [5, 5.41) is 9.27. The number of nitrogens with zero attached hydrogens (tertiary/aromatic N) is 4. The van der Waals surface area contributed by atoms with Gasteiger partial charge < -0.3 is 0 Å². The van der Waals surface area contributed by atoms with Gasteiger partial charge in [-0.15, -0.1) is 16.8 Å². The van der Waals surface area contributed by atoms with E-state index >= 15 is 0 Å². The summed E-state index contributed by atoms with van der Waals surface area (Å²) >= 11 is 1.41. The second kappa shape index (κ2) is 9.46. The number of carbonyl (C=O) groups is 1. The number of aromatic nitrogens is 4. The van der Waals surface area contributed by atoms with E-state index in [1.165, 1.54) is 17.3 Å². The molecule has 0 amide bonds. The summed E-state index contributed by atoms with van der Waals surface area (Å²) in [6.07, 6.45) is 5.70. The van der Waals surface area contributed by atoms with Crippen molar-refractivity contribution >= 4 is 17.5 Å². The molecule has 0 saturated heterocycles. The number of carbonyl (C=O) groups excluding carboxylic acids is 1. The van der Waals surface area contributed by atoms with Gasteiger partial charge in [-0.3, -0.25) is 14.3 Å². The molecule has 0 saturated carbocycles. The van der Waals surface area contributed by atoms with Crippen LogP contribution in [0, 0.1) is 0 Å². The Labute approximate surface area is 169 Å². The third-order valence-electron chi connectivity index (χ3n) is 4.36. The molecule has 3 aromatic rings. The maximum Gasteiger partial charge on any atom is 0.192 e. The molecular weight excluding hydrogens is 368 g/mol. The summed E-state index contributed by atoms with van der Waals surface area (Å²) in [5.74, 6) is 1.74. The average Bonchev–Trinajstić information content (AvgIpc) is 3.10. The monoisotopic (exact) mass is 392 g/mol. The quantitative estimate of drug-likeness (QED) is 0.395. The molecule has 144 valence electrons. The Kier molecular flexibility index (Phi) is 6.76. The van der Waals surface area contributed by atoms with E-state index < -0.39 is 0 Å². The first-order valence-electron chi connectivity index (χ1n) is 9.26. The summed E-state index contributed by atoms with van der Waals surface area (Å²) in [6.45, 7) is 8.71. The Morgan fingerprint density at radius 3 is 2.64 bits per heavy atom. The normalized spacial score (nSPS) is 11.0. The van der Waals surface area contributed by atoms with Crippen molar-refractivity contribution in [1.82, 2.24) is 19.7 Å². The van der Waals surface area contributed by atoms with Crippen molar-refractivity contribution in [3.8, 4) is 11.4 Å². The number of pyridine rings is 1. The Balaban J connectivity index is 1.66. The lowest BCUT2D eigenvalue weighted by atomic mass is 10.0. The highest BCUT2D eigenvalue weighted by Gasteiger charge is 2.15. The third-order valence-corrected chi connectivity index (χ3v) is 5.38. The van der Waals surface area contributed by atoms with Gasteiger partial charge in [0, 0.05) is 30.9 Å². The smallest absolute Gasteiger partial charge is 0.192 e. The van der Waals surface area contributed by atoms with E-state index in [1.807, 2.05) is 28.8 Å². The van der Waals surface area contributed by atoms with E-state index in [-0.39, 0.29) is 5.78 Å². The number of hydrogen-bond acceptors (Lipinski definition) is 5. The maximum absolute atomic E-state index is 12.4. The fraction of sp³-hybridized carbons (Fsp3) is 0.273. The van der Waals surface area contributed by atoms with Crippen molar-refractivity contribution in [3.05, 3.63) is 72.6 Å². The molecule has 0 spiro atoms. The third kappa shape index (κ3) is 4.95. The zero-order valence-electron chi connectivity index (χ0n) is 16.2. The molecule has 6 heteroatoms. The number of hydrogen-bond donors (Lipinski definition) is 0. The Hall–Kier alpha value is -2.73. The molecule has 3 rings (SSSR count). The highest BCUT2D eigenvalue weighted by Crippen LogP contribution is 2.24. The largest absolute Gasteiger partial charge is 0.298 e. The second-order valence-electron chi connectivity index (χ2n) is 6.85. The van der Waals surface area contributed by atoms with Crippen LogP contribution >= 0.6 is 11.8 Å². The predicted octanol–water partition coefficient (Wildman–Crippen LogP) is 4.55. The highest BCUT2D eigenvalue weighted by molar-refractivity contribution is 7.99. The molecule has 0 radical (unpaired) electrons. The van der Waals surface area contributed by atoms with Crippen LogP contribution in [0.4, 0.5) is 0 Å². The van der Waals surface area contributed by atoms with Gasteiger partial charge in [0.2, 0.25) is 0 Å². The summed E-state index contributed by atoms with van der Waals surface area (Å²) < 4.78 is 1.96. The molecule has 0 aliphatic rings. The van der Waals surface area contributed by atoms with Crippen LogP contribution in [0.3, 0.4) is 0 Å². The van der Waals surface area contributed by atoms with E-state index in [0.717, 1.165) is 17.0 Å². The zero-order chi connectivity index (χ0) is 19.9. The molecule has 0 N–H and O–H groups in total. The number of thioether (sulfide) groups is 1. The lowest BCUT2D eigenvalue weighted by molar-refractivity contribution is -0.116. The molecule has 2 aromatic heterocycles. The summed E-state index contributed by atoms with van der Waals surface area (Å²) in [7, 11) is 0. The first-order chi connectivity index (χ1) is 13.6. The first kappa shape index (κ1) is 20.0. The second-order valence-corrected chi connectivity index (χ2v) is 7.79. The SMILES string of the molecule is C=CCn1c(SCC(=O)Cc2ccc(C(C)C)cc2)nnc1-c1cccnc1. The van der Waals surface area contributed by atoms with Gasteiger partial charge in [-0.1, -0.05) is 56.0 Å². The topological polar surface area (TPSA) is 60.7 Å². The zero-order valence-corrected chi connectivity index (χ0v) is 17.0. The molecule has 0 aliphatic carbocycles. The first-order valence-corrected chi connectivity index (χ1v) is 10.2. The molecule has 0 atom stereocenters. The molecular formula is C22H24N4OS. The summed E-state index contributed by atoms with van der Waals surface area (Å²) in [4.78, 5) is 16.6. The Bertz CT molecular complexity index is 933. The van der Waals surface area contributed by atoms with Gasteiger partial charge in [0.15, 0.2) is 11.0 Å². The number of ketones is 1. The molecule has 2 heterocycles. The predicted molar refractivity (Wildman–Crippen MR) is 113 cm³/mol. The van der Waals surface area contributed by atoms with Crippen molar-refractivity contribution in [2.75, 3.05) is 5.75 Å². The minimum atomic E-state index is 0.165. The van der Waals surface area contributed by atoms with Gasteiger partial charge in [0.05, 0.1) is 5.75 Å². The van der Waals surface area contributed by atoms with Crippen molar-refractivity contribution in [3.63, 3.8) is 0 Å². The van der Waals surface area contributed by atoms with Crippen molar-refractivity contribution < 1.29 is 4.79 Å². The van der Waals surface area contributed by atoms with Gasteiger partial charge in [0.25, 0.3) is 0 Å². The van der Waals surface area contributed by atoms with Gasteiger partial charge >= 0.3 is 0 Å². The van der Waals surface area contributed by atoms with E-state index in [1.54, 1.807) is 18.5 Å². The molecule has 0 aliphatic heterocycles. The Morgan fingerprint density at radius 2 is 2.00 bits per heavy atom. The van der Waals surface area contributed by atoms with Crippen LogP contribution < -0.4 is 0 Å². The fourth-order valence-corrected chi connectivity index (χ4v) is 3.65. The van der Waals surface area contributed by atoms with Gasteiger partial charge in [-0.25, -0.2) is 0 Å². The number of rotatable bonds is 9. The molecule has 28 heavy (non-hydrogen) atoms. The fourth-order valence-electron chi connectivity index (χ4n) is 2.84. The van der Waals surface area contributed by atoms with Crippen LogP contribution in [0.1, 0.15) is 30.9 Å². The number of benzene rings is 1. The van der Waals surface area contributed by atoms with Crippen LogP contribution in [0.2, 0.25) is 0 Å². The van der Waals surface area contributed by atoms with Crippen LogP contribution in [-0.4, -0.2) is 31.3 Å². The van der Waals surface area contributed by atoms with Crippen molar-refractivity contribution in [1.29, 1.82) is 0 Å². The summed E-state index contributed by atoms with van der Waals surface area (Å²) in [6, 6.07) is 12.1. The lowest BCUT2D eigenvalue weighted by Gasteiger charge is -2.08. The molecule has 5 nitrogen and oxygen atoms in total. The van der Waals surface area contributed by atoms with Gasteiger partial charge in [-0.05, 0) is 29.2 Å². The molecule has 0 unspecified atom stereocenters. The highest BCUT2D eigenvalue weighted by atomic mass is 32.2. The van der Waals surface area contributed by atoms with E-state index in [9.17, 15) is 4.79 Å². The van der Waals surface area contributed by atoms with E-state index in [0.29, 0.717) is 29.8 Å². The van der Waals surface area contributed by atoms with Crippen LogP contribution in [0.5, 0.6) is 0 Å². The van der Waals surface area contributed by atoms with Gasteiger partial charge in [-0.2, -0.15) is 0 Å². The number of allylic oxidation sites excluding steroid dienone is 1. The van der Waals surface area contributed by atoms with Crippen LogP contribution in [0.25, 0.3) is 11.4 Å². The van der Waals surface area contributed by atoms with Crippen molar-refractivity contribution in [2.45, 2.75) is 37.9 Å². The standard InChI is InChI=1S/C22H24N4OS/c1-4-12-26-21(19-6-5-11-23-14-19)24-25-22(26)28-15-20(27)13-17-7-9-18(10-8-17)16(2)3/h4-11,14,16H,1,12-13,15H2,2-3H3. The molecule has 1 aromatic carbocycles. The van der Waals surface area contributed by atoms with Crippen molar-refractivity contribution in [2.24, 2.45) is 0 Å². The maximum atomic E-state index is 12.4. The van der Waals surface area contributed by atoms with Crippen LogP contribution in [0.15, 0.2) is 66.6 Å². The van der Waals surface area contributed by atoms with Crippen LogP contribution in [-0.2, 0) is 17.8 Å². The van der Waals surface area contributed by atoms with E-state index in [2.05, 4.69) is 47.7 Å². The molecule has 0 fully saturated rings. The number of Topliss-reactive ketones (excluding diaryl/α,β-unsaturated/α-hetero) is 1. The van der Waals surface area contributed by atoms with E-state index in [4.69, 9.17) is 0 Å². The minimum absolute atomic E-state index is 0.165. The van der Waals surface area contributed by atoms with Gasteiger partial charge in [0.1, 0.15) is 5.78 Å². The molecule has 0 bridgehead atoms.